The number of carbonyl (C=O) groups is 1. The van der Waals surface area contributed by atoms with Gasteiger partial charge in [-0.3, -0.25) is 9.69 Å². The summed E-state index contributed by atoms with van der Waals surface area (Å²) in [6.45, 7) is 9.21. The largest absolute Gasteiger partial charge is 0.469 e. The minimum atomic E-state index is -0.117. The van der Waals surface area contributed by atoms with E-state index in [2.05, 4.69) is 24.1 Å². The first-order valence-electron chi connectivity index (χ1n) is 5.61. The Balaban J connectivity index is 2.51. The molecule has 1 aliphatic rings. The van der Waals surface area contributed by atoms with Crippen LogP contribution in [-0.2, 0) is 9.53 Å². The van der Waals surface area contributed by atoms with E-state index < -0.39 is 0 Å². The number of methoxy groups -OCH3 is 1. The summed E-state index contributed by atoms with van der Waals surface area (Å²) in [5.41, 5.74) is 0. The monoisotopic (exact) mass is 214 g/mol. The van der Waals surface area contributed by atoms with Crippen LogP contribution >= 0.6 is 0 Å². The molecular weight excluding hydrogens is 192 g/mol. The van der Waals surface area contributed by atoms with Gasteiger partial charge in [-0.05, 0) is 13.8 Å². The maximum Gasteiger partial charge on any atom is 0.309 e. The molecule has 0 saturated carbocycles. The average Bonchev–Trinajstić information content (AvgIpc) is 2.26. The maximum absolute atomic E-state index is 11.4. The number of ether oxygens (including phenoxy) is 1. The summed E-state index contributed by atoms with van der Waals surface area (Å²) >= 11 is 0. The number of esters is 1. The zero-order chi connectivity index (χ0) is 11.4. The maximum atomic E-state index is 11.4. The van der Waals surface area contributed by atoms with Gasteiger partial charge in [0.2, 0.25) is 0 Å². The molecule has 2 unspecified atom stereocenters. The molecule has 88 valence electrons. The van der Waals surface area contributed by atoms with Crippen molar-refractivity contribution >= 4 is 5.97 Å². The first-order chi connectivity index (χ1) is 7.06. The van der Waals surface area contributed by atoms with Crippen LogP contribution in [0.3, 0.4) is 0 Å². The van der Waals surface area contributed by atoms with Crippen molar-refractivity contribution in [2.75, 3.05) is 26.7 Å². The van der Waals surface area contributed by atoms with E-state index in [1.165, 1.54) is 7.11 Å². The summed E-state index contributed by atoms with van der Waals surface area (Å²) in [4.78, 5) is 13.8. The van der Waals surface area contributed by atoms with Gasteiger partial charge < -0.3 is 10.1 Å². The molecule has 4 nitrogen and oxygen atoms in total. The highest BCUT2D eigenvalue weighted by atomic mass is 16.5. The van der Waals surface area contributed by atoms with Crippen LogP contribution in [0.5, 0.6) is 0 Å². The molecule has 1 N–H and O–H groups in total. The summed E-state index contributed by atoms with van der Waals surface area (Å²) in [6, 6.07) is 0.757. The van der Waals surface area contributed by atoms with Gasteiger partial charge in [0.15, 0.2) is 0 Å². The van der Waals surface area contributed by atoms with Crippen LogP contribution in [0.15, 0.2) is 0 Å². The topological polar surface area (TPSA) is 41.6 Å². The van der Waals surface area contributed by atoms with Gasteiger partial charge in [0.25, 0.3) is 0 Å². The summed E-state index contributed by atoms with van der Waals surface area (Å²) in [6.07, 6.45) is 0. The van der Waals surface area contributed by atoms with Gasteiger partial charge in [0.1, 0.15) is 0 Å². The van der Waals surface area contributed by atoms with E-state index in [9.17, 15) is 4.79 Å². The summed E-state index contributed by atoms with van der Waals surface area (Å²) in [7, 11) is 1.45. The van der Waals surface area contributed by atoms with Crippen LogP contribution in [0.2, 0.25) is 0 Å². The number of hydrogen-bond donors (Lipinski definition) is 1. The smallest absolute Gasteiger partial charge is 0.309 e. The van der Waals surface area contributed by atoms with Gasteiger partial charge >= 0.3 is 5.97 Å². The second-order valence-electron chi connectivity index (χ2n) is 4.40. The van der Waals surface area contributed by atoms with E-state index in [0.717, 1.165) is 19.6 Å². The lowest BCUT2D eigenvalue weighted by atomic mass is 10.0. The standard InChI is InChI=1S/C11H22N2O2/c1-8-7-13(6-5-12-8)10(3)9(2)11(14)15-4/h8-10,12H,5-7H2,1-4H3/t8-,9?,10?/m1/s1. The second kappa shape index (κ2) is 5.47. The third-order valence-electron chi connectivity index (χ3n) is 3.27. The third kappa shape index (κ3) is 3.18. The van der Waals surface area contributed by atoms with Crippen molar-refractivity contribution in [2.24, 2.45) is 5.92 Å². The molecule has 0 aromatic heterocycles. The van der Waals surface area contributed by atoms with Crippen LogP contribution in [0, 0.1) is 5.92 Å². The molecule has 0 amide bonds. The molecule has 0 aliphatic carbocycles. The van der Waals surface area contributed by atoms with Crippen molar-refractivity contribution in [3.63, 3.8) is 0 Å². The lowest BCUT2D eigenvalue weighted by molar-refractivity contribution is -0.147. The van der Waals surface area contributed by atoms with Gasteiger partial charge in [-0.2, -0.15) is 0 Å². The number of carbonyl (C=O) groups excluding carboxylic acids is 1. The Morgan fingerprint density at radius 1 is 1.53 bits per heavy atom. The Morgan fingerprint density at radius 2 is 2.20 bits per heavy atom. The molecule has 1 aliphatic heterocycles. The Kier molecular flexibility index (Phi) is 4.54. The minimum Gasteiger partial charge on any atom is -0.469 e. The molecule has 15 heavy (non-hydrogen) atoms. The van der Waals surface area contributed by atoms with Crippen LogP contribution in [0.1, 0.15) is 20.8 Å². The Labute approximate surface area is 92.0 Å². The molecule has 1 fully saturated rings. The van der Waals surface area contributed by atoms with Crippen molar-refractivity contribution in [1.29, 1.82) is 0 Å². The summed E-state index contributed by atoms with van der Waals surface area (Å²) in [5, 5.41) is 3.39. The molecule has 0 radical (unpaired) electrons. The fourth-order valence-electron chi connectivity index (χ4n) is 2.03. The molecule has 3 atom stereocenters. The first kappa shape index (κ1) is 12.5. The second-order valence-corrected chi connectivity index (χ2v) is 4.40. The molecular formula is C11H22N2O2. The lowest BCUT2D eigenvalue weighted by Gasteiger charge is -2.37. The molecule has 1 rings (SSSR count). The quantitative estimate of drug-likeness (QED) is 0.694. The molecule has 1 heterocycles. The lowest BCUT2D eigenvalue weighted by Crippen LogP contribution is -2.54. The SMILES string of the molecule is COC(=O)C(C)C(C)N1CCN[C@H](C)C1. The van der Waals surface area contributed by atoms with Crippen molar-refractivity contribution in [3.8, 4) is 0 Å². The Hall–Kier alpha value is -0.610. The number of nitrogens with zero attached hydrogens (tertiary/aromatic N) is 1. The predicted molar refractivity (Wildman–Crippen MR) is 59.7 cm³/mol. The van der Waals surface area contributed by atoms with Crippen LogP contribution in [0.4, 0.5) is 0 Å². The van der Waals surface area contributed by atoms with E-state index in [-0.39, 0.29) is 17.9 Å². The molecule has 0 spiro atoms. The number of hydrogen-bond acceptors (Lipinski definition) is 4. The summed E-state index contributed by atoms with van der Waals surface area (Å²) < 4.78 is 4.77. The van der Waals surface area contributed by atoms with E-state index in [1.54, 1.807) is 0 Å². The highest BCUT2D eigenvalue weighted by Gasteiger charge is 2.28. The number of rotatable bonds is 3. The fourth-order valence-corrected chi connectivity index (χ4v) is 2.03. The molecule has 1 saturated heterocycles. The van der Waals surface area contributed by atoms with E-state index in [1.807, 2.05) is 6.92 Å². The predicted octanol–water partition coefficient (Wildman–Crippen LogP) is 0.478. The first-order valence-corrected chi connectivity index (χ1v) is 5.61. The van der Waals surface area contributed by atoms with Gasteiger partial charge in [-0.15, -0.1) is 0 Å². The van der Waals surface area contributed by atoms with Crippen molar-refractivity contribution in [2.45, 2.75) is 32.9 Å². The minimum absolute atomic E-state index is 0.0553. The highest BCUT2D eigenvalue weighted by Crippen LogP contribution is 2.14. The van der Waals surface area contributed by atoms with Crippen molar-refractivity contribution in [1.82, 2.24) is 10.2 Å². The molecule has 4 heteroatoms. The van der Waals surface area contributed by atoms with Gasteiger partial charge in [-0.1, -0.05) is 6.92 Å². The number of piperazine rings is 1. The third-order valence-corrected chi connectivity index (χ3v) is 3.27. The Morgan fingerprint density at radius 3 is 2.73 bits per heavy atom. The van der Waals surface area contributed by atoms with Gasteiger partial charge in [-0.25, -0.2) is 0 Å². The number of nitrogens with one attached hydrogen (secondary N) is 1. The van der Waals surface area contributed by atoms with E-state index in [0.29, 0.717) is 6.04 Å². The average molecular weight is 214 g/mol. The zero-order valence-corrected chi connectivity index (χ0v) is 10.1. The zero-order valence-electron chi connectivity index (χ0n) is 10.1. The molecule has 0 bridgehead atoms. The highest BCUT2D eigenvalue weighted by molar-refractivity contribution is 5.72. The van der Waals surface area contributed by atoms with E-state index in [4.69, 9.17) is 4.74 Å². The molecule has 0 aromatic rings. The van der Waals surface area contributed by atoms with Gasteiger partial charge in [0, 0.05) is 31.7 Å². The van der Waals surface area contributed by atoms with Crippen molar-refractivity contribution < 1.29 is 9.53 Å². The van der Waals surface area contributed by atoms with Crippen LogP contribution < -0.4 is 5.32 Å². The van der Waals surface area contributed by atoms with Crippen LogP contribution in [0.25, 0.3) is 0 Å². The molecule has 0 aromatic carbocycles. The normalized spacial score (nSPS) is 27.1. The fraction of sp³-hybridized carbons (Fsp3) is 0.909. The van der Waals surface area contributed by atoms with Gasteiger partial charge in [0.05, 0.1) is 13.0 Å². The Bertz CT molecular complexity index is 221. The summed E-state index contributed by atoms with van der Waals surface area (Å²) in [5.74, 6) is -0.172. The van der Waals surface area contributed by atoms with E-state index >= 15 is 0 Å². The van der Waals surface area contributed by atoms with Crippen molar-refractivity contribution in [3.05, 3.63) is 0 Å². The van der Waals surface area contributed by atoms with Crippen LogP contribution in [-0.4, -0.2) is 49.7 Å².